The summed E-state index contributed by atoms with van der Waals surface area (Å²) in [5, 5.41) is 17.5. The van der Waals surface area contributed by atoms with Gasteiger partial charge in [-0.3, -0.25) is 9.62 Å². The number of hydrogen-bond acceptors (Lipinski definition) is 11. The van der Waals surface area contributed by atoms with E-state index in [0.29, 0.717) is 5.56 Å². The van der Waals surface area contributed by atoms with Crippen molar-refractivity contribution in [1.29, 1.82) is 5.26 Å². The van der Waals surface area contributed by atoms with Gasteiger partial charge in [-0.05, 0) is 42.0 Å². The van der Waals surface area contributed by atoms with Crippen molar-refractivity contribution < 1.29 is 27.5 Å². The lowest BCUT2D eigenvalue weighted by Gasteiger charge is -2.35. The highest BCUT2D eigenvalue weighted by Gasteiger charge is 2.43. The number of esters is 2. The number of benzene rings is 2. The Hall–Kier alpha value is -4.93. The molecule has 0 amide bonds. The standard InChI is InChI=1S/C26H21ClN6O6S/c1-38-25(34)22-21(15-6-4-3-5-7-15)18(14-28)24(29)33(23(22)26(35)39-2)16-8-10-17(11-9-16)40(36,37)32-20-13-12-19(27)30-31-20/h3-13,21H,29H2,1-2H3,(H,31,32). The van der Waals surface area contributed by atoms with Crippen molar-refractivity contribution in [3.8, 4) is 6.07 Å². The van der Waals surface area contributed by atoms with Crippen LogP contribution in [-0.2, 0) is 29.1 Å². The Morgan fingerprint density at radius 3 is 2.20 bits per heavy atom. The predicted octanol–water partition coefficient (Wildman–Crippen LogP) is 2.83. The van der Waals surface area contributed by atoms with Crippen molar-refractivity contribution >= 4 is 45.1 Å². The molecular formula is C26H21ClN6O6S. The molecule has 204 valence electrons. The quantitative estimate of drug-likeness (QED) is 0.392. The number of nitrogens with two attached hydrogens (primary N) is 1. The van der Waals surface area contributed by atoms with E-state index in [-0.39, 0.29) is 44.2 Å². The molecule has 1 atom stereocenters. The average Bonchev–Trinajstić information content (AvgIpc) is 2.97. The van der Waals surface area contributed by atoms with Crippen molar-refractivity contribution in [2.75, 3.05) is 23.8 Å². The van der Waals surface area contributed by atoms with E-state index in [1.807, 2.05) is 6.07 Å². The summed E-state index contributed by atoms with van der Waals surface area (Å²) in [4.78, 5) is 27.2. The number of sulfonamides is 1. The Balaban J connectivity index is 1.85. The van der Waals surface area contributed by atoms with E-state index in [1.54, 1.807) is 30.3 Å². The van der Waals surface area contributed by atoms with Gasteiger partial charge in [0.1, 0.15) is 11.5 Å². The molecule has 40 heavy (non-hydrogen) atoms. The van der Waals surface area contributed by atoms with Gasteiger partial charge >= 0.3 is 11.9 Å². The molecule has 1 aliphatic heterocycles. The molecule has 1 aromatic heterocycles. The summed E-state index contributed by atoms with van der Waals surface area (Å²) in [6.45, 7) is 0. The van der Waals surface area contributed by atoms with Gasteiger partial charge < -0.3 is 15.2 Å². The minimum Gasteiger partial charge on any atom is -0.466 e. The number of carbonyl (C=O) groups is 2. The van der Waals surface area contributed by atoms with E-state index in [9.17, 15) is 23.3 Å². The van der Waals surface area contributed by atoms with Crippen molar-refractivity contribution in [3.05, 3.63) is 100 Å². The smallest absolute Gasteiger partial charge is 0.355 e. The molecule has 0 fully saturated rings. The zero-order chi connectivity index (χ0) is 29.0. The van der Waals surface area contributed by atoms with Crippen LogP contribution < -0.4 is 15.4 Å². The number of nitriles is 1. The molecule has 14 heteroatoms. The van der Waals surface area contributed by atoms with Crippen LogP contribution in [0.1, 0.15) is 11.5 Å². The van der Waals surface area contributed by atoms with E-state index in [4.69, 9.17) is 26.8 Å². The summed E-state index contributed by atoms with van der Waals surface area (Å²) in [6.07, 6.45) is 0. The number of ether oxygens (including phenoxy) is 2. The van der Waals surface area contributed by atoms with Crippen molar-refractivity contribution in [2.45, 2.75) is 10.8 Å². The summed E-state index contributed by atoms with van der Waals surface area (Å²) >= 11 is 5.70. The predicted molar refractivity (Wildman–Crippen MR) is 144 cm³/mol. The highest BCUT2D eigenvalue weighted by Crippen LogP contribution is 2.43. The number of allylic oxidation sites excluding steroid dienone is 1. The van der Waals surface area contributed by atoms with Gasteiger partial charge in [0.05, 0.1) is 42.2 Å². The maximum Gasteiger partial charge on any atom is 0.355 e. The Bertz CT molecular complexity index is 1670. The number of methoxy groups -OCH3 is 2. The molecule has 0 radical (unpaired) electrons. The molecule has 2 aromatic carbocycles. The number of halogens is 1. The Labute approximate surface area is 234 Å². The maximum absolute atomic E-state index is 13.1. The first-order valence-electron chi connectivity index (χ1n) is 11.4. The number of hydrogen-bond donors (Lipinski definition) is 2. The molecule has 1 unspecified atom stereocenters. The third-order valence-electron chi connectivity index (χ3n) is 5.89. The molecule has 0 aliphatic carbocycles. The van der Waals surface area contributed by atoms with Gasteiger partial charge in [-0.1, -0.05) is 41.9 Å². The SMILES string of the molecule is COC(=O)C1=C(C(=O)OC)N(c2ccc(S(=O)(=O)Nc3ccc(Cl)nn3)cc2)C(N)=C(C#N)C1c1ccccc1. The Morgan fingerprint density at radius 1 is 1.00 bits per heavy atom. The molecule has 0 saturated heterocycles. The number of nitrogens with one attached hydrogen (secondary N) is 1. The lowest BCUT2D eigenvalue weighted by Crippen LogP contribution is -2.40. The zero-order valence-electron chi connectivity index (χ0n) is 21.0. The van der Waals surface area contributed by atoms with Crippen LogP contribution in [0, 0.1) is 11.3 Å². The topological polar surface area (TPSA) is 178 Å². The first kappa shape index (κ1) is 28.1. The number of nitrogens with zero attached hydrogens (tertiary/aromatic N) is 4. The number of rotatable bonds is 7. The second kappa shape index (κ2) is 11.4. The van der Waals surface area contributed by atoms with Crippen LogP contribution >= 0.6 is 11.6 Å². The van der Waals surface area contributed by atoms with E-state index >= 15 is 0 Å². The monoisotopic (exact) mass is 580 g/mol. The maximum atomic E-state index is 13.1. The fraction of sp³-hybridized carbons (Fsp3) is 0.115. The van der Waals surface area contributed by atoms with Gasteiger partial charge in [0.15, 0.2) is 11.0 Å². The highest BCUT2D eigenvalue weighted by molar-refractivity contribution is 7.92. The van der Waals surface area contributed by atoms with Crippen LogP contribution in [0.3, 0.4) is 0 Å². The molecule has 12 nitrogen and oxygen atoms in total. The van der Waals surface area contributed by atoms with Crippen molar-refractivity contribution in [2.24, 2.45) is 5.73 Å². The van der Waals surface area contributed by atoms with E-state index in [2.05, 4.69) is 14.9 Å². The highest BCUT2D eigenvalue weighted by atomic mass is 35.5. The van der Waals surface area contributed by atoms with Gasteiger partial charge in [-0.15, -0.1) is 10.2 Å². The van der Waals surface area contributed by atoms with Crippen LogP contribution in [0.15, 0.2) is 94.3 Å². The fourth-order valence-corrected chi connectivity index (χ4v) is 5.22. The van der Waals surface area contributed by atoms with Gasteiger partial charge in [0.2, 0.25) is 0 Å². The third kappa shape index (κ3) is 5.31. The normalized spacial score (nSPS) is 15.3. The minimum absolute atomic E-state index is 0.0288. The largest absolute Gasteiger partial charge is 0.466 e. The molecule has 3 aromatic rings. The fourth-order valence-electron chi connectivity index (χ4n) is 4.12. The first-order chi connectivity index (χ1) is 19.1. The minimum atomic E-state index is -4.10. The number of aromatic nitrogens is 2. The summed E-state index contributed by atoms with van der Waals surface area (Å²) in [5.41, 5.74) is 6.65. The van der Waals surface area contributed by atoms with Gasteiger partial charge in [-0.25, -0.2) is 18.0 Å². The van der Waals surface area contributed by atoms with E-state index in [0.717, 1.165) is 19.1 Å². The van der Waals surface area contributed by atoms with E-state index < -0.39 is 27.9 Å². The van der Waals surface area contributed by atoms with Crippen LogP contribution in [-0.4, -0.2) is 44.8 Å². The van der Waals surface area contributed by atoms with Crippen LogP contribution in [0.2, 0.25) is 5.15 Å². The van der Waals surface area contributed by atoms with Crippen molar-refractivity contribution in [1.82, 2.24) is 10.2 Å². The molecule has 2 heterocycles. The average molecular weight is 581 g/mol. The van der Waals surface area contributed by atoms with Crippen LogP contribution in [0.5, 0.6) is 0 Å². The zero-order valence-corrected chi connectivity index (χ0v) is 22.6. The molecule has 1 aliphatic rings. The number of carbonyl (C=O) groups excluding carboxylic acids is 2. The first-order valence-corrected chi connectivity index (χ1v) is 13.3. The molecule has 0 spiro atoms. The summed E-state index contributed by atoms with van der Waals surface area (Å²) < 4.78 is 38.0. The Kier molecular flexibility index (Phi) is 8.03. The molecule has 3 N–H and O–H groups in total. The van der Waals surface area contributed by atoms with E-state index in [1.165, 1.54) is 36.4 Å². The molecule has 0 bridgehead atoms. The van der Waals surface area contributed by atoms with Crippen LogP contribution in [0.25, 0.3) is 0 Å². The van der Waals surface area contributed by atoms with Gasteiger partial charge in [-0.2, -0.15) is 5.26 Å². The molecular weight excluding hydrogens is 560 g/mol. The third-order valence-corrected chi connectivity index (χ3v) is 7.46. The van der Waals surface area contributed by atoms with Gasteiger partial charge in [0.25, 0.3) is 10.0 Å². The lowest BCUT2D eigenvalue weighted by molar-refractivity contribution is -0.139. The second-order valence-electron chi connectivity index (χ2n) is 8.18. The number of anilines is 2. The summed E-state index contributed by atoms with van der Waals surface area (Å²) in [6, 6.07) is 18.5. The summed E-state index contributed by atoms with van der Waals surface area (Å²) in [5.74, 6) is -3.06. The Morgan fingerprint density at radius 2 is 1.65 bits per heavy atom. The molecule has 0 saturated carbocycles. The lowest BCUT2D eigenvalue weighted by atomic mass is 9.81. The van der Waals surface area contributed by atoms with Crippen LogP contribution in [0.4, 0.5) is 11.5 Å². The van der Waals surface area contributed by atoms with Crippen molar-refractivity contribution in [3.63, 3.8) is 0 Å². The molecule has 4 rings (SSSR count). The second-order valence-corrected chi connectivity index (χ2v) is 10.2. The van der Waals surface area contributed by atoms with Gasteiger partial charge in [0, 0.05) is 5.69 Å². The summed E-state index contributed by atoms with van der Waals surface area (Å²) in [7, 11) is -1.83.